The van der Waals surface area contributed by atoms with Crippen LogP contribution in [0.5, 0.6) is 0 Å². The molecule has 2 heteroatoms. The number of hydrogen-bond donors (Lipinski definition) is 2. The van der Waals surface area contributed by atoms with Gasteiger partial charge in [0.25, 0.3) is 0 Å². The van der Waals surface area contributed by atoms with E-state index in [1.807, 2.05) is 19.1 Å². The minimum Gasteiger partial charge on any atom is -0.399 e. The third-order valence-corrected chi connectivity index (χ3v) is 2.82. The summed E-state index contributed by atoms with van der Waals surface area (Å²) in [6.07, 6.45) is 2.55. The van der Waals surface area contributed by atoms with Crippen molar-refractivity contribution in [1.82, 2.24) is 0 Å². The van der Waals surface area contributed by atoms with Gasteiger partial charge in [0.05, 0.1) is 0 Å². The summed E-state index contributed by atoms with van der Waals surface area (Å²) in [5.41, 5.74) is 15.1. The van der Waals surface area contributed by atoms with Crippen LogP contribution in [0.4, 0.5) is 5.69 Å². The summed E-state index contributed by atoms with van der Waals surface area (Å²) in [6.45, 7) is 2.02. The van der Waals surface area contributed by atoms with E-state index in [4.69, 9.17) is 11.5 Å². The minimum atomic E-state index is 0.197. The predicted octanol–water partition coefficient (Wildman–Crippen LogP) is 1.99. The number of rotatable bonds is 2. The lowest BCUT2D eigenvalue weighted by Gasteiger charge is -2.12. The Morgan fingerprint density at radius 3 is 2.62 bits per heavy atom. The summed E-state index contributed by atoms with van der Waals surface area (Å²) >= 11 is 0. The highest BCUT2D eigenvalue weighted by molar-refractivity contribution is 5.49. The highest BCUT2D eigenvalue weighted by Gasteiger charge is 2.29. The predicted molar refractivity (Wildman–Crippen MR) is 55.2 cm³/mol. The quantitative estimate of drug-likeness (QED) is 0.677. The van der Waals surface area contributed by atoms with Crippen molar-refractivity contribution < 1.29 is 0 Å². The molecule has 2 nitrogen and oxygen atoms in total. The van der Waals surface area contributed by atoms with Crippen molar-refractivity contribution in [3.8, 4) is 0 Å². The molecule has 0 aromatic heterocycles. The lowest BCUT2D eigenvalue weighted by atomic mass is 10.0. The Morgan fingerprint density at radius 2 is 2.08 bits per heavy atom. The van der Waals surface area contributed by atoms with E-state index in [0.29, 0.717) is 5.92 Å². The maximum Gasteiger partial charge on any atom is 0.0347 e. The summed E-state index contributed by atoms with van der Waals surface area (Å²) in [5.74, 6) is 0.696. The molecule has 1 aromatic carbocycles. The Hall–Kier alpha value is -1.02. The Balaban J connectivity index is 2.24. The van der Waals surface area contributed by atoms with Crippen molar-refractivity contribution in [3.05, 3.63) is 29.3 Å². The zero-order valence-corrected chi connectivity index (χ0v) is 7.96. The van der Waals surface area contributed by atoms with Gasteiger partial charge in [-0.15, -0.1) is 0 Å². The summed E-state index contributed by atoms with van der Waals surface area (Å²) in [7, 11) is 0. The van der Waals surface area contributed by atoms with Crippen LogP contribution in [0, 0.1) is 12.8 Å². The van der Waals surface area contributed by atoms with E-state index in [2.05, 4.69) is 6.07 Å². The number of hydrogen-bond acceptors (Lipinski definition) is 2. The second kappa shape index (κ2) is 3.04. The first-order valence-electron chi connectivity index (χ1n) is 4.80. The maximum atomic E-state index is 6.06. The molecule has 0 unspecified atom stereocenters. The van der Waals surface area contributed by atoms with E-state index >= 15 is 0 Å². The molecule has 4 N–H and O–H groups in total. The Morgan fingerprint density at radius 1 is 1.38 bits per heavy atom. The topological polar surface area (TPSA) is 52.0 Å². The summed E-state index contributed by atoms with van der Waals surface area (Å²) in [5, 5.41) is 0. The molecular formula is C11H16N2. The molecule has 1 saturated carbocycles. The molecule has 13 heavy (non-hydrogen) atoms. The molecule has 0 bridgehead atoms. The van der Waals surface area contributed by atoms with Gasteiger partial charge in [-0.05, 0) is 42.9 Å². The van der Waals surface area contributed by atoms with Gasteiger partial charge in [-0.1, -0.05) is 12.1 Å². The van der Waals surface area contributed by atoms with E-state index in [1.54, 1.807) is 0 Å². The average Bonchev–Trinajstić information content (AvgIpc) is 2.91. The highest BCUT2D eigenvalue weighted by atomic mass is 14.7. The molecule has 1 fully saturated rings. The van der Waals surface area contributed by atoms with Crippen LogP contribution >= 0.6 is 0 Å². The molecule has 1 atom stereocenters. The fourth-order valence-electron chi connectivity index (χ4n) is 1.59. The second-order valence-electron chi connectivity index (χ2n) is 3.98. The second-order valence-corrected chi connectivity index (χ2v) is 3.98. The smallest absolute Gasteiger partial charge is 0.0347 e. The van der Waals surface area contributed by atoms with E-state index in [9.17, 15) is 0 Å². The van der Waals surface area contributed by atoms with Gasteiger partial charge >= 0.3 is 0 Å². The number of aryl methyl sites for hydroxylation is 1. The highest BCUT2D eigenvalue weighted by Crippen LogP contribution is 2.39. The van der Waals surface area contributed by atoms with Gasteiger partial charge in [-0.3, -0.25) is 0 Å². The van der Waals surface area contributed by atoms with E-state index < -0.39 is 0 Å². The maximum absolute atomic E-state index is 6.06. The molecule has 0 amide bonds. The summed E-state index contributed by atoms with van der Waals surface area (Å²) in [4.78, 5) is 0. The van der Waals surface area contributed by atoms with Gasteiger partial charge in [0.2, 0.25) is 0 Å². The molecule has 1 aromatic rings. The summed E-state index contributed by atoms with van der Waals surface area (Å²) < 4.78 is 0. The van der Waals surface area contributed by atoms with Crippen molar-refractivity contribution in [2.45, 2.75) is 25.8 Å². The van der Waals surface area contributed by atoms with Gasteiger partial charge in [-0.2, -0.15) is 0 Å². The van der Waals surface area contributed by atoms with Gasteiger partial charge in [0.15, 0.2) is 0 Å². The van der Waals surface area contributed by atoms with Crippen molar-refractivity contribution in [2.24, 2.45) is 11.7 Å². The van der Waals surface area contributed by atoms with Crippen LogP contribution in [0.25, 0.3) is 0 Å². The fraction of sp³-hybridized carbons (Fsp3) is 0.455. The van der Waals surface area contributed by atoms with Crippen molar-refractivity contribution in [1.29, 1.82) is 0 Å². The standard InChI is InChI=1S/C11H16N2/c1-7-2-3-9(6-10(7)12)11(13)8-4-5-8/h2-3,6,8,11H,4-5,12-13H2,1H3/t11-/m1/s1. The molecule has 2 rings (SSSR count). The number of benzene rings is 1. The normalized spacial score (nSPS) is 18.6. The van der Waals surface area contributed by atoms with Gasteiger partial charge in [0, 0.05) is 11.7 Å². The van der Waals surface area contributed by atoms with E-state index in [-0.39, 0.29) is 6.04 Å². The Kier molecular flexibility index (Phi) is 2.00. The molecule has 1 aliphatic rings. The number of nitrogen functional groups attached to an aromatic ring is 1. The van der Waals surface area contributed by atoms with E-state index in [0.717, 1.165) is 11.3 Å². The van der Waals surface area contributed by atoms with Crippen LogP contribution in [0.15, 0.2) is 18.2 Å². The summed E-state index contributed by atoms with van der Waals surface area (Å²) in [6, 6.07) is 6.35. The van der Waals surface area contributed by atoms with Crippen molar-refractivity contribution >= 4 is 5.69 Å². The van der Waals surface area contributed by atoms with Crippen molar-refractivity contribution in [2.75, 3.05) is 5.73 Å². The van der Waals surface area contributed by atoms with Gasteiger partial charge in [0.1, 0.15) is 0 Å². The third-order valence-electron chi connectivity index (χ3n) is 2.82. The monoisotopic (exact) mass is 176 g/mol. The molecule has 0 radical (unpaired) electrons. The van der Waals surface area contributed by atoms with Crippen LogP contribution < -0.4 is 11.5 Å². The molecule has 0 saturated heterocycles. The van der Waals surface area contributed by atoms with Crippen LogP contribution in [-0.2, 0) is 0 Å². The molecule has 1 aliphatic carbocycles. The Bertz CT molecular complexity index is 316. The molecule has 70 valence electrons. The van der Waals surface area contributed by atoms with Gasteiger partial charge in [-0.25, -0.2) is 0 Å². The SMILES string of the molecule is Cc1ccc([C@H](N)C2CC2)cc1N. The lowest BCUT2D eigenvalue weighted by molar-refractivity contribution is 0.633. The molecular weight excluding hydrogens is 160 g/mol. The Labute approximate surface area is 78.9 Å². The van der Waals surface area contributed by atoms with Crippen LogP contribution in [0.1, 0.15) is 30.0 Å². The first-order valence-corrected chi connectivity index (χ1v) is 4.80. The average molecular weight is 176 g/mol. The largest absolute Gasteiger partial charge is 0.399 e. The van der Waals surface area contributed by atoms with Crippen LogP contribution in [0.3, 0.4) is 0 Å². The zero-order valence-electron chi connectivity index (χ0n) is 7.96. The van der Waals surface area contributed by atoms with E-state index in [1.165, 1.54) is 18.4 Å². The fourth-order valence-corrected chi connectivity index (χ4v) is 1.59. The lowest BCUT2D eigenvalue weighted by Crippen LogP contribution is -2.12. The first-order chi connectivity index (χ1) is 6.18. The van der Waals surface area contributed by atoms with Crippen molar-refractivity contribution in [3.63, 3.8) is 0 Å². The van der Waals surface area contributed by atoms with Crippen LogP contribution in [0.2, 0.25) is 0 Å². The van der Waals surface area contributed by atoms with Gasteiger partial charge < -0.3 is 11.5 Å². The zero-order chi connectivity index (χ0) is 9.42. The third kappa shape index (κ3) is 1.68. The minimum absolute atomic E-state index is 0.197. The molecule has 0 heterocycles. The first kappa shape index (κ1) is 8.57. The molecule has 0 spiro atoms. The number of anilines is 1. The van der Waals surface area contributed by atoms with Crippen LogP contribution in [-0.4, -0.2) is 0 Å². The molecule has 0 aliphatic heterocycles. The number of nitrogens with two attached hydrogens (primary N) is 2.